The van der Waals surface area contributed by atoms with Gasteiger partial charge in [0, 0.05) is 63.5 Å². The summed E-state index contributed by atoms with van der Waals surface area (Å²) in [6.45, 7) is 15.3. The van der Waals surface area contributed by atoms with E-state index < -0.39 is 188 Å². The van der Waals surface area contributed by atoms with Crippen molar-refractivity contribution in [1.82, 2.24) is 0 Å². The molecule has 5 heterocycles. The third-order valence-corrected chi connectivity index (χ3v) is 17.4. The predicted octanol–water partition coefficient (Wildman–Crippen LogP) is 1.55. The molecule has 25 atom stereocenters. The number of phenols is 2. The Morgan fingerprint density at radius 3 is 1.71 bits per heavy atom. The van der Waals surface area contributed by atoms with Gasteiger partial charge >= 0.3 is 11.9 Å². The smallest absolute Gasteiger partial charge is 0.310 e. The van der Waals surface area contributed by atoms with Crippen molar-refractivity contribution in [2.75, 3.05) is 7.11 Å². The van der Waals surface area contributed by atoms with Gasteiger partial charge in [-0.3, -0.25) is 19.2 Å². The van der Waals surface area contributed by atoms with Crippen molar-refractivity contribution in [3.8, 4) is 17.2 Å². The summed E-state index contributed by atoms with van der Waals surface area (Å²) in [7, 11) is 1.17. The largest absolute Gasteiger partial charge is 0.507 e. The number of hydrogen-bond acceptors (Lipinski definition) is 27. The fraction of sp³-hybridized carbons (Fsp3) is 0.733. The molecule has 0 aromatic heterocycles. The Labute approximate surface area is 503 Å². The Morgan fingerprint density at radius 2 is 1.18 bits per heavy atom. The lowest BCUT2D eigenvalue weighted by Gasteiger charge is -2.46. The van der Waals surface area contributed by atoms with Crippen LogP contribution in [0.5, 0.6) is 17.2 Å². The summed E-state index contributed by atoms with van der Waals surface area (Å²) in [5.74, 6) is -5.33. The highest BCUT2D eigenvalue weighted by molar-refractivity contribution is 6.11. The predicted molar refractivity (Wildman–Crippen MR) is 297 cm³/mol. The Hall–Kier alpha value is -4.60. The van der Waals surface area contributed by atoms with Gasteiger partial charge in [0.1, 0.15) is 72.2 Å². The van der Waals surface area contributed by atoms with Crippen LogP contribution < -0.4 is 4.74 Å². The summed E-state index contributed by atoms with van der Waals surface area (Å²) in [5, 5.41) is 111. The van der Waals surface area contributed by atoms with Crippen molar-refractivity contribution in [2.45, 2.75) is 267 Å². The second-order valence-corrected chi connectivity index (χ2v) is 24.0. The summed E-state index contributed by atoms with van der Waals surface area (Å²) in [6.07, 6.45) is -26.3. The van der Waals surface area contributed by atoms with E-state index in [0.717, 1.165) is 6.26 Å². The molecule has 5 fully saturated rings. The number of aliphatic hydroxyl groups is 8. The standard InChI is InChI=1S/C60H86O27/c1-11-76-39(62)14-12-13-15-40(63)82-35-19-42(78-26(4)50(35)66)84-36-20-41(77-27(5)51(36)67)83-34-18-32-16-31-17-33(57(75-10)56(72)49(65)25(3)61)58(55(71)47(31)54(70)46(32)48(64)24(34)2)87-44-22-37(52(68)29(7)80-44)85-43-21-38(53(69)28(6)79-43)86-45-23-60(9,74)59(73)30(8)81-45/h11,16,18,25-30,33,35-38,41-45,49-53,57-59,61,64-70,73-74H,1,12-15,17,19-23H2,2-10H3/t25-,26-,27-,28-,29-,30-,33+,35-,36-,37-,38-,41+,42+,43+,44+,45+,49+,50-,51-,52-,53+,57+,58+,59-,60+/m1/s1. The number of carbonyl (C=O) groups excluding carboxylic acids is 4. The van der Waals surface area contributed by atoms with Crippen LogP contribution in [0, 0.1) is 12.8 Å². The highest BCUT2D eigenvalue weighted by Crippen LogP contribution is 2.48. The highest BCUT2D eigenvalue weighted by atomic mass is 16.7. The van der Waals surface area contributed by atoms with Gasteiger partial charge < -0.3 is 113 Å². The molecule has 1 aliphatic carbocycles. The van der Waals surface area contributed by atoms with Crippen LogP contribution in [-0.2, 0) is 77.6 Å². The van der Waals surface area contributed by atoms with Crippen LogP contribution in [0.3, 0.4) is 0 Å². The van der Waals surface area contributed by atoms with Gasteiger partial charge in [-0.1, -0.05) is 6.58 Å². The van der Waals surface area contributed by atoms with Gasteiger partial charge in [-0.2, -0.15) is 0 Å². The molecule has 27 heteroatoms. The Morgan fingerprint density at radius 1 is 0.701 bits per heavy atom. The molecule has 0 saturated carbocycles. The normalized spacial score (nSPS) is 38.4. The van der Waals surface area contributed by atoms with Gasteiger partial charge in [0.15, 0.2) is 36.7 Å². The van der Waals surface area contributed by atoms with Crippen molar-refractivity contribution in [1.29, 1.82) is 0 Å². The molecule has 488 valence electrons. The number of methoxy groups -OCH3 is 1. The molecule has 0 amide bonds. The minimum Gasteiger partial charge on any atom is -0.507 e. The molecular weight excluding hydrogens is 1150 g/mol. The van der Waals surface area contributed by atoms with Crippen LogP contribution in [0.4, 0.5) is 0 Å². The number of unbranched alkanes of at least 4 members (excludes halogenated alkanes) is 1. The molecule has 10 N–H and O–H groups in total. The van der Waals surface area contributed by atoms with E-state index in [0.29, 0.717) is 12.8 Å². The second-order valence-electron chi connectivity index (χ2n) is 24.0. The number of Topliss-reactive ketones (excluding diaryl/α,β-unsaturated/α-hetero) is 2. The molecule has 5 aliphatic heterocycles. The van der Waals surface area contributed by atoms with E-state index in [4.69, 9.17) is 61.6 Å². The first-order valence-corrected chi connectivity index (χ1v) is 29.7. The highest BCUT2D eigenvalue weighted by Gasteiger charge is 2.52. The molecule has 0 spiro atoms. The van der Waals surface area contributed by atoms with Crippen molar-refractivity contribution in [2.24, 2.45) is 5.92 Å². The SMILES string of the molecule is C=COC(=O)CCCCC(=O)O[C@@H]1C[C@H](O[C@@H]2C[C@H](Oc3cc4cc5c(c(O)c4c(O)c3C)C(=O)[C@@H](O[C@H]3C[C@@H](O[C@H]4C[C@@H](O[C@H]6C[C@](C)(O)[C@H](O)[C@@H](C)O6)[C@@H](O)[C@@H](C)O4)[C@H](O)[C@@H](C)O3)[C@H]([C@H](OC)C(=O)[C@@H](O)[C@@H](C)O)C5)O[C@H](C)[C@H]2O)O[C@H](C)[C@H]1O. The van der Waals surface area contributed by atoms with Gasteiger partial charge in [-0.05, 0) is 97.7 Å². The van der Waals surface area contributed by atoms with Crippen molar-refractivity contribution >= 4 is 34.3 Å². The molecule has 0 unspecified atom stereocenters. The molecule has 5 saturated heterocycles. The summed E-state index contributed by atoms with van der Waals surface area (Å²) in [4.78, 5) is 53.5. The van der Waals surface area contributed by atoms with Crippen LogP contribution >= 0.6 is 0 Å². The first-order valence-electron chi connectivity index (χ1n) is 29.7. The van der Waals surface area contributed by atoms with E-state index in [1.54, 1.807) is 27.7 Å². The molecular formula is C60H86O27. The Kier molecular flexibility index (Phi) is 22.5. The van der Waals surface area contributed by atoms with Crippen LogP contribution in [0.1, 0.15) is 128 Å². The minimum absolute atomic E-state index is 0.0303. The first-order chi connectivity index (χ1) is 41.0. The first kappa shape index (κ1) is 68.3. The zero-order valence-electron chi connectivity index (χ0n) is 50.3. The zero-order valence-corrected chi connectivity index (χ0v) is 50.3. The number of ketones is 2. The summed E-state index contributed by atoms with van der Waals surface area (Å²) < 4.78 is 77.5. The average molecular weight is 1240 g/mol. The maximum atomic E-state index is 15.1. The quantitative estimate of drug-likeness (QED) is 0.0454. The van der Waals surface area contributed by atoms with Crippen molar-refractivity contribution in [3.63, 3.8) is 0 Å². The molecule has 2 aromatic rings. The number of rotatable bonds is 22. The molecule has 87 heavy (non-hydrogen) atoms. The third-order valence-electron chi connectivity index (χ3n) is 17.4. The van der Waals surface area contributed by atoms with Gasteiger partial charge in [-0.25, -0.2) is 0 Å². The molecule has 8 rings (SSSR count). The fourth-order valence-electron chi connectivity index (χ4n) is 12.4. The van der Waals surface area contributed by atoms with Gasteiger partial charge in [0.25, 0.3) is 0 Å². The number of phenolic OH excluding ortho intramolecular Hbond substituents is 2. The number of carbonyl (C=O) groups is 4. The van der Waals surface area contributed by atoms with Crippen molar-refractivity contribution in [3.05, 3.63) is 41.7 Å². The van der Waals surface area contributed by atoms with Crippen LogP contribution in [0.15, 0.2) is 25.0 Å². The van der Waals surface area contributed by atoms with E-state index in [-0.39, 0.29) is 84.6 Å². The van der Waals surface area contributed by atoms with E-state index in [2.05, 4.69) is 6.58 Å². The second kappa shape index (κ2) is 28.7. The van der Waals surface area contributed by atoms with Gasteiger partial charge in [-0.15, -0.1) is 0 Å². The minimum atomic E-state index is -1.97. The summed E-state index contributed by atoms with van der Waals surface area (Å²) in [6, 6.07) is 3.00. The topological polar surface area (TPSA) is 391 Å². The lowest BCUT2D eigenvalue weighted by Crippen LogP contribution is -2.58. The van der Waals surface area contributed by atoms with Crippen LogP contribution in [0.2, 0.25) is 0 Å². The van der Waals surface area contributed by atoms with Crippen LogP contribution in [0.25, 0.3) is 10.8 Å². The van der Waals surface area contributed by atoms with E-state index in [1.807, 2.05) is 0 Å². The van der Waals surface area contributed by atoms with E-state index in [1.165, 1.54) is 46.9 Å². The summed E-state index contributed by atoms with van der Waals surface area (Å²) in [5.41, 5.74) is -1.57. The maximum Gasteiger partial charge on any atom is 0.310 e. The monoisotopic (exact) mass is 1240 g/mol. The lowest BCUT2D eigenvalue weighted by molar-refractivity contribution is -0.334. The van der Waals surface area contributed by atoms with Crippen LogP contribution in [-0.4, -0.2) is 229 Å². The number of fused-ring (bicyclic) bond motifs is 2. The number of hydrogen-bond donors (Lipinski definition) is 10. The number of aromatic hydroxyl groups is 2. The van der Waals surface area contributed by atoms with Gasteiger partial charge in [0.2, 0.25) is 6.29 Å². The molecule has 0 radical (unpaired) electrons. The number of aliphatic hydroxyl groups excluding tert-OH is 7. The summed E-state index contributed by atoms with van der Waals surface area (Å²) >= 11 is 0. The zero-order chi connectivity index (χ0) is 63.7. The van der Waals surface area contributed by atoms with Gasteiger partial charge in [0.05, 0.1) is 77.7 Å². The lowest BCUT2D eigenvalue weighted by atomic mass is 9.75. The average Bonchev–Trinajstić information content (AvgIpc) is 0.770. The van der Waals surface area contributed by atoms with Crippen molar-refractivity contribution < 1.29 is 132 Å². The Balaban J connectivity index is 0.997. The fourth-order valence-corrected chi connectivity index (χ4v) is 12.4. The molecule has 6 aliphatic rings. The Bertz CT molecular complexity index is 2740. The third kappa shape index (κ3) is 15.4. The number of benzene rings is 2. The number of ether oxygens (including phenoxy) is 13. The maximum absolute atomic E-state index is 15.1. The molecule has 2 aromatic carbocycles. The molecule has 27 nitrogen and oxygen atoms in total. The number of esters is 2. The van der Waals surface area contributed by atoms with E-state index >= 15 is 4.79 Å². The van der Waals surface area contributed by atoms with E-state index in [9.17, 15) is 65.4 Å². The molecule has 0 bridgehead atoms.